The summed E-state index contributed by atoms with van der Waals surface area (Å²) in [6.07, 6.45) is 0.388. The van der Waals surface area contributed by atoms with Crippen molar-refractivity contribution in [3.63, 3.8) is 0 Å². The Morgan fingerprint density at radius 3 is 2.50 bits per heavy atom. The Morgan fingerprint density at radius 1 is 1.43 bits per heavy atom. The fraction of sp³-hybridized carbons (Fsp3) is 0.300. The number of halogens is 1. The molecule has 0 heterocycles. The van der Waals surface area contributed by atoms with Gasteiger partial charge in [-0.25, -0.2) is 4.39 Å². The van der Waals surface area contributed by atoms with Crippen LogP contribution in [0.25, 0.3) is 0 Å². The number of carbonyl (C=O) groups is 1. The van der Waals surface area contributed by atoms with Crippen molar-refractivity contribution in [1.29, 1.82) is 0 Å². The Bertz CT molecular complexity index is 310. The van der Waals surface area contributed by atoms with E-state index in [0.29, 0.717) is 6.42 Å². The van der Waals surface area contributed by atoms with E-state index in [2.05, 4.69) is 5.73 Å². The molecule has 3 N–H and O–H groups in total. The lowest BCUT2D eigenvalue weighted by Crippen LogP contribution is -2.53. The van der Waals surface area contributed by atoms with Crippen molar-refractivity contribution < 1.29 is 20.0 Å². The molecule has 1 atom stereocenters. The summed E-state index contributed by atoms with van der Waals surface area (Å²) < 4.78 is 12.5. The summed E-state index contributed by atoms with van der Waals surface area (Å²) in [6.45, 7) is 0. The van der Waals surface area contributed by atoms with E-state index in [9.17, 15) is 14.3 Å². The average molecular weight is 197 g/mol. The number of carboxylic acids is 1. The van der Waals surface area contributed by atoms with Crippen LogP contribution in [-0.4, -0.2) is 5.97 Å². The lowest BCUT2D eigenvalue weighted by atomic mass is 10.0. The molecule has 1 aromatic carbocycles. The molecule has 14 heavy (non-hydrogen) atoms. The molecular formula is C10H12FNO2. The first-order chi connectivity index (χ1) is 6.59. The number of rotatable bonds is 4. The maximum absolute atomic E-state index is 12.5. The van der Waals surface area contributed by atoms with Crippen molar-refractivity contribution in [2.24, 2.45) is 0 Å². The molecule has 0 aliphatic rings. The first-order valence-corrected chi connectivity index (χ1v) is 4.38. The molecule has 1 rings (SSSR count). The summed E-state index contributed by atoms with van der Waals surface area (Å²) in [7, 11) is 0. The van der Waals surface area contributed by atoms with Gasteiger partial charge in [-0.1, -0.05) is 12.1 Å². The van der Waals surface area contributed by atoms with Crippen molar-refractivity contribution in [2.45, 2.75) is 18.9 Å². The van der Waals surface area contributed by atoms with Gasteiger partial charge in [0.25, 0.3) is 0 Å². The Kier molecular flexibility index (Phi) is 3.59. The van der Waals surface area contributed by atoms with Crippen LogP contribution in [0.3, 0.4) is 0 Å². The minimum atomic E-state index is -1.08. The van der Waals surface area contributed by atoms with Crippen LogP contribution in [0.1, 0.15) is 24.4 Å². The minimum Gasteiger partial charge on any atom is -0.550 e. The lowest BCUT2D eigenvalue weighted by Gasteiger charge is -2.08. The minimum absolute atomic E-state index is 0.0223. The second-order valence-corrected chi connectivity index (χ2v) is 3.16. The van der Waals surface area contributed by atoms with Crippen molar-refractivity contribution in [1.82, 2.24) is 0 Å². The van der Waals surface area contributed by atoms with Gasteiger partial charge in [0, 0.05) is 18.0 Å². The van der Waals surface area contributed by atoms with Crippen LogP contribution in [0.15, 0.2) is 24.3 Å². The standard InChI is InChI=1S/C10H12FNO2/c11-8-3-1-7(2-4-8)9(12)5-6-10(13)14/h1-4,9H,5-6,12H2,(H,13,14)/t9-/m0/s1. The van der Waals surface area contributed by atoms with Gasteiger partial charge in [0.2, 0.25) is 0 Å². The zero-order valence-corrected chi connectivity index (χ0v) is 7.70. The molecule has 3 nitrogen and oxygen atoms in total. The molecule has 0 radical (unpaired) electrons. The van der Waals surface area contributed by atoms with Crippen LogP contribution in [0.5, 0.6) is 0 Å². The summed E-state index contributed by atoms with van der Waals surface area (Å²) in [5.74, 6) is -1.39. The molecule has 0 unspecified atom stereocenters. The van der Waals surface area contributed by atoms with Crippen LogP contribution in [0.4, 0.5) is 4.39 Å². The van der Waals surface area contributed by atoms with Gasteiger partial charge in [-0.3, -0.25) is 0 Å². The molecule has 0 aliphatic carbocycles. The number of hydrogen-bond acceptors (Lipinski definition) is 2. The summed E-state index contributed by atoms with van der Waals surface area (Å²) in [5.41, 5.74) is 4.64. The molecule has 0 fully saturated rings. The van der Waals surface area contributed by atoms with Crippen molar-refractivity contribution in [2.75, 3.05) is 0 Å². The molecule has 4 heteroatoms. The predicted octanol–water partition coefficient (Wildman–Crippen LogP) is -0.361. The highest BCUT2D eigenvalue weighted by Gasteiger charge is 2.08. The van der Waals surface area contributed by atoms with E-state index in [-0.39, 0.29) is 18.3 Å². The number of aliphatic carboxylic acids is 1. The summed E-state index contributed by atoms with van der Waals surface area (Å²) in [4.78, 5) is 10.2. The van der Waals surface area contributed by atoms with Crippen LogP contribution in [-0.2, 0) is 4.79 Å². The second kappa shape index (κ2) is 4.72. The third-order valence-corrected chi connectivity index (χ3v) is 2.04. The fourth-order valence-electron chi connectivity index (χ4n) is 1.19. The second-order valence-electron chi connectivity index (χ2n) is 3.16. The fourth-order valence-corrected chi connectivity index (χ4v) is 1.19. The Labute approximate surface area is 81.4 Å². The van der Waals surface area contributed by atoms with E-state index in [1.165, 1.54) is 12.1 Å². The van der Waals surface area contributed by atoms with Crippen LogP contribution in [0, 0.1) is 5.82 Å². The molecule has 0 aromatic heterocycles. The number of carbonyl (C=O) groups excluding carboxylic acids is 1. The summed E-state index contributed by atoms with van der Waals surface area (Å²) in [5, 5.41) is 10.2. The number of quaternary nitrogens is 1. The molecule has 1 aromatic rings. The molecule has 0 amide bonds. The lowest BCUT2D eigenvalue weighted by molar-refractivity contribution is -0.428. The van der Waals surface area contributed by atoms with Gasteiger partial charge in [0.15, 0.2) is 0 Å². The monoisotopic (exact) mass is 197 g/mol. The summed E-state index contributed by atoms with van der Waals surface area (Å²) in [6, 6.07) is 5.78. The topological polar surface area (TPSA) is 67.8 Å². The van der Waals surface area contributed by atoms with E-state index in [0.717, 1.165) is 5.56 Å². The zero-order chi connectivity index (χ0) is 10.6. The molecule has 76 valence electrons. The summed E-state index contributed by atoms with van der Waals surface area (Å²) >= 11 is 0. The molecular weight excluding hydrogens is 185 g/mol. The van der Waals surface area contributed by atoms with E-state index >= 15 is 0 Å². The number of benzene rings is 1. The quantitative estimate of drug-likeness (QED) is 0.716. The molecule has 0 saturated heterocycles. The van der Waals surface area contributed by atoms with Gasteiger partial charge in [0.05, 0.1) is 0 Å². The first-order valence-electron chi connectivity index (χ1n) is 4.38. The highest BCUT2D eigenvalue weighted by molar-refractivity contribution is 5.64. The maximum atomic E-state index is 12.5. The van der Waals surface area contributed by atoms with Gasteiger partial charge in [-0.15, -0.1) is 0 Å². The van der Waals surface area contributed by atoms with Crippen LogP contribution < -0.4 is 10.8 Å². The van der Waals surface area contributed by atoms with Crippen LogP contribution in [0.2, 0.25) is 0 Å². The molecule has 0 saturated carbocycles. The van der Waals surface area contributed by atoms with E-state index < -0.39 is 5.97 Å². The van der Waals surface area contributed by atoms with E-state index in [1.807, 2.05) is 0 Å². The normalized spacial score (nSPS) is 12.4. The Morgan fingerprint density at radius 2 is 2.00 bits per heavy atom. The molecule has 0 spiro atoms. The highest BCUT2D eigenvalue weighted by Crippen LogP contribution is 2.13. The maximum Gasteiger partial charge on any atom is 0.123 e. The average Bonchev–Trinajstić information content (AvgIpc) is 2.15. The van der Waals surface area contributed by atoms with Gasteiger partial charge >= 0.3 is 0 Å². The smallest absolute Gasteiger partial charge is 0.123 e. The first kappa shape index (κ1) is 10.7. The van der Waals surface area contributed by atoms with Gasteiger partial charge in [-0.2, -0.15) is 0 Å². The SMILES string of the molecule is [NH3+][C@@H](CCC(=O)[O-])c1ccc(F)cc1. The largest absolute Gasteiger partial charge is 0.550 e. The third-order valence-electron chi connectivity index (χ3n) is 2.04. The zero-order valence-electron chi connectivity index (χ0n) is 7.70. The third kappa shape index (κ3) is 3.14. The highest BCUT2D eigenvalue weighted by atomic mass is 19.1. The van der Waals surface area contributed by atoms with Gasteiger partial charge in [-0.05, 0) is 18.6 Å². The number of hydrogen-bond donors (Lipinski definition) is 1. The van der Waals surface area contributed by atoms with Gasteiger partial charge < -0.3 is 15.6 Å². The Hall–Kier alpha value is -1.42. The van der Waals surface area contributed by atoms with Crippen molar-refractivity contribution in [3.8, 4) is 0 Å². The number of carboxylic acid groups (broad SMARTS) is 1. The molecule has 0 bridgehead atoms. The van der Waals surface area contributed by atoms with Crippen molar-refractivity contribution in [3.05, 3.63) is 35.6 Å². The Balaban J connectivity index is 2.56. The van der Waals surface area contributed by atoms with E-state index in [4.69, 9.17) is 0 Å². The molecule has 0 aliphatic heterocycles. The van der Waals surface area contributed by atoms with Crippen molar-refractivity contribution >= 4 is 5.97 Å². The van der Waals surface area contributed by atoms with E-state index in [1.54, 1.807) is 12.1 Å². The van der Waals surface area contributed by atoms with Gasteiger partial charge in [0.1, 0.15) is 11.9 Å². The van der Waals surface area contributed by atoms with Crippen LogP contribution >= 0.6 is 0 Å². The predicted molar refractivity (Wildman–Crippen MR) is 46.3 cm³/mol.